The van der Waals surface area contributed by atoms with Crippen LogP contribution in [0.2, 0.25) is 0 Å². The molecule has 1 N–H and O–H groups in total. The molecule has 0 saturated carbocycles. The molecule has 204 valence electrons. The maximum atomic E-state index is 14.0. The van der Waals surface area contributed by atoms with Crippen LogP contribution in [0.1, 0.15) is 44.4 Å². The molecule has 0 radical (unpaired) electrons. The Morgan fingerprint density at radius 3 is 2.54 bits per heavy atom. The van der Waals surface area contributed by atoms with Gasteiger partial charge in [-0.15, -0.1) is 0 Å². The third kappa shape index (κ3) is 7.60. The minimum Gasteiger partial charge on any atom is -0.488 e. The van der Waals surface area contributed by atoms with Gasteiger partial charge in [0.1, 0.15) is 29.4 Å². The fourth-order valence-corrected chi connectivity index (χ4v) is 4.05. The summed E-state index contributed by atoms with van der Waals surface area (Å²) in [6.45, 7) is 7.91. The van der Waals surface area contributed by atoms with Crippen molar-refractivity contribution in [2.75, 3.05) is 6.61 Å². The van der Waals surface area contributed by atoms with Gasteiger partial charge in [-0.1, -0.05) is 30.3 Å². The van der Waals surface area contributed by atoms with E-state index < -0.39 is 23.5 Å². The summed E-state index contributed by atoms with van der Waals surface area (Å²) >= 11 is 0. The van der Waals surface area contributed by atoms with Crippen LogP contribution < -0.4 is 10.1 Å². The smallest absolute Gasteiger partial charge is 0.407 e. The van der Waals surface area contributed by atoms with Crippen molar-refractivity contribution < 1.29 is 32.6 Å². The Morgan fingerprint density at radius 1 is 0.974 bits per heavy atom. The molecule has 1 heterocycles. The number of ether oxygens (including phenoxy) is 3. The van der Waals surface area contributed by atoms with Crippen LogP contribution in [-0.4, -0.2) is 24.3 Å². The van der Waals surface area contributed by atoms with Gasteiger partial charge in [0.15, 0.2) is 0 Å². The summed E-state index contributed by atoms with van der Waals surface area (Å²) in [5.74, 6) is -0.590. The number of rotatable bonds is 9. The second kappa shape index (κ2) is 12.0. The molecule has 39 heavy (non-hydrogen) atoms. The van der Waals surface area contributed by atoms with Gasteiger partial charge in [-0.2, -0.15) is 0 Å². The number of furan rings is 1. The van der Waals surface area contributed by atoms with Crippen molar-refractivity contribution in [2.24, 2.45) is 0 Å². The van der Waals surface area contributed by atoms with Crippen molar-refractivity contribution in [1.82, 2.24) is 5.32 Å². The number of alkyl carbamates (subject to hydrolysis) is 1. The number of carbonyl (C=O) groups excluding carboxylic acids is 2. The largest absolute Gasteiger partial charge is 0.488 e. The van der Waals surface area contributed by atoms with Gasteiger partial charge in [0, 0.05) is 29.1 Å². The molecule has 0 unspecified atom stereocenters. The van der Waals surface area contributed by atoms with E-state index in [1.54, 1.807) is 13.2 Å². The SMILES string of the molecule is CCOC(=O)Cc1ccc(F)cc1OCc1coc2ccc(-c3cccc(CNC(=O)OC(C)(C)C)c3)cc12. The number of amides is 1. The molecule has 0 spiro atoms. The molecule has 0 fully saturated rings. The van der Waals surface area contributed by atoms with E-state index in [2.05, 4.69) is 5.32 Å². The monoisotopic (exact) mass is 533 g/mol. The second-order valence-corrected chi connectivity index (χ2v) is 10.1. The van der Waals surface area contributed by atoms with Gasteiger partial charge in [0.05, 0.1) is 19.3 Å². The molecule has 3 aromatic carbocycles. The van der Waals surface area contributed by atoms with Crippen LogP contribution >= 0.6 is 0 Å². The lowest BCUT2D eigenvalue weighted by molar-refractivity contribution is -0.142. The summed E-state index contributed by atoms with van der Waals surface area (Å²) in [7, 11) is 0. The van der Waals surface area contributed by atoms with E-state index in [0.717, 1.165) is 27.6 Å². The highest BCUT2D eigenvalue weighted by atomic mass is 19.1. The summed E-state index contributed by atoms with van der Waals surface area (Å²) in [5, 5.41) is 3.63. The molecule has 0 atom stereocenters. The summed E-state index contributed by atoms with van der Waals surface area (Å²) in [4.78, 5) is 24.0. The van der Waals surface area contributed by atoms with E-state index in [0.29, 0.717) is 17.7 Å². The molecule has 0 saturated heterocycles. The van der Waals surface area contributed by atoms with Crippen molar-refractivity contribution in [2.45, 2.75) is 52.9 Å². The van der Waals surface area contributed by atoms with Crippen molar-refractivity contribution in [3.05, 3.63) is 89.4 Å². The predicted molar refractivity (Wildman–Crippen MR) is 146 cm³/mol. The number of hydrogen-bond acceptors (Lipinski definition) is 6. The van der Waals surface area contributed by atoms with E-state index in [9.17, 15) is 14.0 Å². The van der Waals surface area contributed by atoms with E-state index in [1.807, 2.05) is 63.2 Å². The molecular formula is C31H32FNO6. The van der Waals surface area contributed by atoms with Crippen LogP contribution in [-0.2, 0) is 33.8 Å². The molecule has 1 aromatic heterocycles. The van der Waals surface area contributed by atoms with Gasteiger partial charge < -0.3 is 23.9 Å². The third-order valence-electron chi connectivity index (χ3n) is 5.80. The number of esters is 1. The summed E-state index contributed by atoms with van der Waals surface area (Å²) in [5.41, 5.74) is 4.29. The molecule has 4 aromatic rings. The van der Waals surface area contributed by atoms with Crippen LogP contribution in [0, 0.1) is 5.82 Å². The molecular weight excluding hydrogens is 501 g/mol. The summed E-state index contributed by atoms with van der Waals surface area (Å²) in [6.07, 6.45) is 1.12. The molecule has 8 heteroatoms. The fourth-order valence-electron chi connectivity index (χ4n) is 4.05. The second-order valence-electron chi connectivity index (χ2n) is 10.1. The lowest BCUT2D eigenvalue weighted by Gasteiger charge is -2.19. The molecule has 4 rings (SSSR count). The van der Waals surface area contributed by atoms with Gasteiger partial charge in [-0.3, -0.25) is 4.79 Å². The van der Waals surface area contributed by atoms with Crippen LogP contribution in [0.5, 0.6) is 5.75 Å². The predicted octanol–water partition coefficient (Wildman–Crippen LogP) is 6.95. The maximum absolute atomic E-state index is 14.0. The summed E-state index contributed by atoms with van der Waals surface area (Å²) in [6, 6.07) is 17.8. The van der Waals surface area contributed by atoms with Crippen LogP contribution in [0.15, 0.2) is 71.3 Å². The molecule has 0 bridgehead atoms. The van der Waals surface area contributed by atoms with Crippen LogP contribution in [0.3, 0.4) is 0 Å². The fraction of sp³-hybridized carbons (Fsp3) is 0.290. The normalized spacial score (nSPS) is 11.3. The first-order valence-corrected chi connectivity index (χ1v) is 12.7. The first-order chi connectivity index (χ1) is 18.6. The maximum Gasteiger partial charge on any atom is 0.407 e. The molecule has 0 aliphatic rings. The van der Waals surface area contributed by atoms with E-state index >= 15 is 0 Å². The van der Waals surface area contributed by atoms with Gasteiger partial charge in [0.25, 0.3) is 0 Å². The first-order valence-electron chi connectivity index (χ1n) is 12.7. The Morgan fingerprint density at radius 2 is 1.77 bits per heavy atom. The zero-order valence-corrected chi connectivity index (χ0v) is 22.5. The zero-order chi connectivity index (χ0) is 28.0. The van der Waals surface area contributed by atoms with Crippen molar-refractivity contribution in [3.63, 3.8) is 0 Å². The average Bonchev–Trinajstić information content (AvgIpc) is 3.29. The highest BCUT2D eigenvalue weighted by Crippen LogP contribution is 2.30. The number of nitrogens with one attached hydrogen (secondary N) is 1. The first kappa shape index (κ1) is 27.7. The van der Waals surface area contributed by atoms with Crippen molar-refractivity contribution in [1.29, 1.82) is 0 Å². The van der Waals surface area contributed by atoms with Crippen molar-refractivity contribution >= 4 is 23.0 Å². The Bertz CT molecular complexity index is 1470. The molecule has 0 aliphatic heterocycles. The van der Waals surface area contributed by atoms with Gasteiger partial charge in [0.2, 0.25) is 0 Å². The minimum absolute atomic E-state index is 0.0150. The number of hydrogen-bond donors (Lipinski definition) is 1. The van der Waals surface area contributed by atoms with Gasteiger partial charge >= 0.3 is 12.1 Å². The molecule has 0 aliphatic carbocycles. The lowest BCUT2D eigenvalue weighted by atomic mass is 10.0. The van der Waals surface area contributed by atoms with E-state index in [4.69, 9.17) is 18.6 Å². The highest BCUT2D eigenvalue weighted by Gasteiger charge is 2.16. The minimum atomic E-state index is -0.565. The van der Waals surface area contributed by atoms with E-state index in [-0.39, 0.29) is 25.4 Å². The number of fused-ring (bicyclic) bond motifs is 1. The topological polar surface area (TPSA) is 87.0 Å². The van der Waals surface area contributed by atoms with Crippen LogP contribution in [0.25, 0.3) is 22.1 Å². The molecule has 7 nitrogen and oxygen atoms in total. The van der Waals surface area contributed by atoms with Gasteiger partial charge in [-0.05, 0) is 68.7 Å². The van der Waals surface area contributed by atoms with E-state index in [1.165, 1.54) is 18.2 Å². The average molecular weight is 534 g/mol. The lowest BCUT2D eigenvalue weighted by Crippen LogP contribution is -2.32. The Balaban J connectivity index is 1.50. The molecule has 1 amide bonds. The Labute approximate surface area is 226 Å². The quantitative estimate of drug-likeness (QED) is 0.234. The third-order valence-corrected chi connectivity index (χ3v) is 5.80. The zero-order valence-electron chi connectivity index (χ0n) is 22.5. The number of halogens is 1. The standard InChI is InChI=1S/C31H32FNO6/c1-5-36-29(34)15-23-9-11-25(32)16-28(23)38-19-24-18-37-27-12-10-22(14-26(24)27)21-8-6-7-20(13-21)17-33-30(35)39-31(2,3)4/h6-14,16,18H,5,15,17,19H2,1-4H3,(H,33,35). The highest BCUT2D eigenvalue weighted by molar-refractivity contribution is 5.86. The van der Waals surface area contributed by atoms with Crippen LogP contribution in [0.4, 0.5) is 9.18 Å². The van der Waals surface area contributed by atoms with Gasteiger partial charge in [-0.25, -0.2) is 9.18 Å². The Hall–Kier alpha value is -4.33. The number of carbonyl (C=O) groups is 2. The number of benzene rings is 3. The summed E-state index contributed by atoms with van der Waals surface area (Å²) < 4.78 is 35.9. The van der Waals surface area contributed by atoms with Crippen molar-refractivity contribution in [3.8, 4) is 16.9 Å². The Kier molecular flexibility index (Phi) is 8.54.